The zero-order chi connectivity index (χ0) is 21.8. The third kappa shape index (κ3) is 4.37. The number of amides is 2. The zero-order valence-corrected chi connectivity index (χ0v) is 17.4. The number of aromatic nitrogens is 1. The quantitative estimate of drug-likeness (QED) is 0.735. The molecule has 2 amide bonds. The van der Waals surface area contributed by atoms with Crippen molar-refractivity contribution in [3.05, 3.63) is 58.2 Å². The highest BCUT2D eigenvalue weighted by Gasteiger charge is 2.31. The number of ether oxygens (including phenoxy) is 1. The maximum absolute atomic E-state index is 13.8. The van der Waals surface area contributed by atoms with Gasteiger partial charge in [0.25, 0.3) is 5.91 Å². The fourth-order valence-corrected chi connectivity index (χ4v) is 3.87. The molecule has 1 aliphatic rings. The summed E-state index contributed by atoms with van der Waals surface area (Å²) in [5.41, 5.74) is 2.22. The molecule has 3 rings (SSSR count). The van der Waals surface area contributed by atoms with Gasteiger partial charge in [0, 0.05) is 30.9 Å². The number of rotatable bonds is 5. The number of methoxy groups -OCH3 is 1. The van der Waals surface area contributed by atoms with E-state index in [1.54, 1.807) is 36.9 Å². The molecule has 8 heteroatoms. The van der Waals surface area contributed by atoms with Gasteiger partial charge in [-0.05, 0) is 38.3 Å². The number of hydrogen-bond acceptors (Lipinski definition) is 4. The van der Waals surface area contributed by atoms with Crippen LogP contribution in [0.2, 0.25) is 0 Å². The van der Waals surface area contributed by atoms with Gasteiger partial charge in [-0.3, -0.25) is 9.59 Å². The number of likely N-dealkylation sites (tertiary alicyclic amines) is 1. The van der Waals surface area contributed by atoms with Crippen molar-refractivity contribution < 1.29 is 23.5 Å². The predicted octanol–water partition coefficient (Wildman–Crippen LogP) is 2.73. The smallest absolute Gasteiger partial charge is 0.339 e. The first kappa shape index (κ1) is 21.5. The summed E-state index contributed by atoms with van der Waals surface area (Å²) in [7, 11) is 1.30. The second kappa shape index (κ2) is 9.11. The van der Waals surface area contributed by atoms with Crippen LogP contribution in [0, 0.1) is 25.6 Å². The lowest BCUT2D eigenvalue weighted by molar-refractivity contribution is -0.126. The van der Waals surface area contributed by atoms with Gasteiger partial charge in [0.05, 0.1) is 18.6 Å². The van der Waals surface area contributed by atoms with E-state index in [1.807, 2.05) is 0 Å². The van der Waals surface area contributed by atoms with E-state index >= 15 is 0 Å². The van der Waals surface area contributed by atoms with Crippen LogP contribution in [0.4, 0.5) is 4.39 Å². The van der Waals surface area contributed by atoms with Crippen molar-refractivity contribution in [1.82, 2.24) is 15.2 Å². The van der Waals surface area contributed by atoms with Gasteiger partial charge in [-0.15, -0.1) is 0 Å². The van der Waals surface area contributed by atoms with Crippen LogP contribution in [0.3, 0.4) is 0 Å². The average molecular weight is 415 g/mol. The van der Waals surface area contributed by atoms with Gasteiger partial charge >= 0.3 is 5.97 Å². The van der Waals surface area contributed by atoms with Crippen LogP contribution in [-0.2, 0) is 16.1 Å². The lowest BCUT2D eigenvalue weighted by atomic mass is 9.96. The number of H-pyrrole nitrogens is 1. The molecular weight excluding hydrogens is 389 g/mol. The summed E-state index contributed by atoms with van der Waals surface area (Å²) in [5, 5.41) is 2.77. The number of benzene rings is 1. The first-order valence-electron chi connectivity index (χ1n) is 9.91. The minimum Gasteiger partial charge on any atom is -0.465 e. The molecule has 0 bridgehead atoms. The van der Waals surface area contributed by atoms with E-state index < -0.39 is 5.97 Å². The Labute approximate surface area is 174 Å². The minimum absolute atomic E-state index is 0.105. The largest absolute Gasteiger partial charge is 0.465 e. The predicted molar refractivity (Wildman–Crippen MR) is 108 cm³/mol. The lowest BCUT2D eigenvalue weighted by Gasteiger charge is -2.32. The van der Waals surface area contributed by atoms with Crippen LogP contribution < -0.4 is 5.32 Å². The third-order valence-corrected chi connectivity index (χ3v) is 5.53. The fraction of sp³-hybridized carbons (Fsp3) is 0.409. The van der Waals surface area contributed by atoms with Gasteiger partial charge in [-0.1, -0.05) is 18.2 Å². The number of halogens is 1. The maximum Gasteiger partial charge on any atom is 0.339 e. The van der Waals surface area contributed by atoms with Gasteiger partial charge in [0.2, 0.25) is 5.91 Å². The zero-order valence-electron chi connectivity index (χ0n) is 17.4. The molecule has 2 heterocycles. The molecule has 7 nitrogen and oxygen atoms in total. The molecule has 0 aliphatic carbocycles. The number of piperidine rings is 1. The summed E-state index contributed by atoms with van der Waals surface area (Å²) in [5.74, 6) is -1.68. The number of aryl methyl sites for hydroxylation is 1. The highest BCUT2D eigenvalue weighted by molar-refractivity contribution is 6.00. The van der Waals surface area contributed by atoms with Gasteiger partial charge in [0.15, 0.2) is 0 Å². The highest BCUT2D eigenvalue weighted by atomic mass is 19.1. The minimum atomic E-state index is -0.496. The van der Waals surface area contributed by atoms with E-state index in [-0.39, 0.29) is 36.6 Å². The average Bonchev–Trinajstić information content (AvgIpc) is 3.05. The first-order valence-corrected chi connectivity index (χ1v) is 9.91. The molecule has 1 saturated heterocycles. The van der Waals surface area contributed by atoms with Crippen molar-refractivity contribution in [1.29, 1.82) is 0 Å². The van der Waals surface area contributed by atoms with E-state index in [2.05, 4.69) is 10.3 Å². The van der Waals surface area contributed by atoms with E-state index in [1.165, 1.54) is 13.2 Å². The monoisotopic (exact) mass is 415 g/mol. The van der Waals surface area contributed by atoms with Crippen LogP contribution in [0.25, 0.3) is 0 Å². The highest BCUT2D eigenvalue weighted by Crippen LogP contribution is 2.23. The van der Waals surface area contributed by atoms with E-state index in [0.29, 0.717) is 47.5 Å². The maximum atomic E-state index is 13.8. The standard InChI is InChI=1S/C22H26FN3O4/c1-13-18(22(29)30-3)14(2)25-19(13)21(28)26-10-6-8-16(12-26)20(27)24-11-15-7-4-5-9-17(15)23/h4-5,7,9,16,25H,6,8,10-12H2,1-3H3,(H,24,27). The van der Waals surface area contributed by atoms with Crippen molar-refractivity contribution in [2.75, 3.05) is 20.2 Å². The van der Waals surface area contributed by atoms with Crippen molar-refractivity contribution >= 4 is 17.8 Å². The van der Waals surface area contributed by atoms with E-state index in [4.69, 9.17) is 4.74 Å². The Balaban J connectivity index is 1.67. The molecule has 30 heavy (non-hydrogen) atoms. The fourth-order valence-electron chi connectivity index (χ4n) is 3.87. The molecule has 1 atom stereocenters. The van der Waals surface area contributed by atoms with Gasteiger partial charge in [-0.25, -0.2) is 9.18 Å². The van der Waals surface area contributed by atoms with Crippen LogP contribution in [0.1, 0.15) is 50.5 Å². The Kier molecular flexibility index (Phi) is 6.54. The summed E-state index contributed by atoms with van der Waals surface area (Å²) in [4.78, 5) is 42.2. The molecule has 0 radical (unpaired) electrons. The van der Waals surface area contributed by atoms with Crippen LogP contribution in [0.15, 0.2) is 24.3 Å². The summed E-state index contributed by atoms with van der Waals surface area (Å²) >= 11 is 0. The van der Waals surface area contributed by atoms with E-state index in [9.17, 15) is 18.8 Å². The summed E-state index contributed by atoms with van der Waals surface area (Å²) in [6.07, 6.45) is 1.34. The third-order valence-electron chi connectivity index (χ3n) is 5.53. The molecule has 1 aliphatic heterocycles. The second-order valence-electron chi connectivity index (χ2n) is 7.52. The second-order valence-corrected chi connectivity index (χ2v) is 7.52. The van der Waals surface area contributed by atoms with Crippen LogP contribution in [-0.4, -0.2) is 47.9 Å². The van der Waals surface area contributed by atoms with Crippen LogP contribution >= 0.6 is 0 Å². The molecule has 0 saturated carbocycles. The molecule has 1 aromatic heterocycles. The SMILES string of the molecule is COC(=O)c1c(C)[nH]c(C(=O)N2CCCC(C(=O)NCc3ccccc3F)C2)c1C. The molecule has 2 aromatic rings. The molecular formula is C22H26FN3O4. The number of carbonyl (C=O) groups is 3. The molecule has 2 N–H and O–H groups in total. The lowest BCUT2D eigenvalue weighted by Crippen LogP contribution is -2.45. The topological polar surface area (TPSA) is 91.5 Å². The first-order chi connectivity index (χ1) is 14.3. The van der Waals surface area contributed by atoms with Crippen molar-refractivity contribution in [3.8, 4) is 0 Å². The van der Waals surface area contributed by atoms with E-state index in [0.717, 1.165) is 0 Å². The number of carbonyl (C=O) groups excluding carboxylic acids is 3. The Bertz CT molecular complexity index is 969. The van der Waals surface area contributed by atoms with Gasteiger partial charge < -0.3 is 19.9 Å². The Morgan fingerprint density at radius 2 is 2.00 bits per heavy atom. The van der Waals surface area contributed by atoms with Gasteiger partial charge in [-0.2, -0.15) is 0 Å². The molecule has 1 fully saturated rings. The number of hydrogen-bond donors (Lipinski definition) is 2. The van der Waals surface area contributed by atoms with Crippen molar-refractivity contribution in [2.45, 2.75) is 33.2 Å². The normalized spacial score (nSPS) is 16.3. The number of nitrogens with zero attached hydrogens (tertiary/aromatic N) is 1. The van der Waals surface area contributed by atoms with Crippen molar-refractivity contribution in [3.63, 3.8) is 0 Å². The molecule has 1 aromatic carbocycles. The summed E-state index contributed by atoms with van der Waals surface area (Å²) < 4.78 is 18.5. The summed E-state index contributed by atoms with van der Waals surface area (Å²) in [6, 6.07) is 6.29. The van der Waals surface area contributed by atoms with Gasteiger partial charge in [0.1, 0.15) is 11.5 Å². The number of aromatic amines is 1. The summed E-state index contributed by atoms with van der Waals surface area (Å²) in [6.45, 7) is 4.32. The number of nitrogens with one attached hydrogen (secondary N) is 2. The Morgan fingerprint density at radius 3 is 2.70 bits per heavy atom. The number of esters is 1. The molecule has 0 spiro atoms. The Morgan fingerprint density at radius 1 is 1.27 bits per heavy atom. The van der Waals surface area contributed by atoms with Crippen LogP contribution in [0.5, 0.6) is 0 Å². The van der Waals surface area contributed by atoms with Crippen molar-refractivity contribution in [2.24, 2.45) is 5.92 Å². The molecule has 160 valence electrons. The molecule has 1 unspecified atom stereocenters. The Hall–Kier alpha value is -3.16.